The topological polar surface area (TPSA) is 122 Å². The number of aliphatic hydroxyl groups excluding tert-OH is 1. The van der Waals surface area contributed by atoms with E-state index in [1.54, 1.807) is 49.3 Å². The van der Waals surface area contributed by atoms with Crippen molar-refractivity contribution >= 4 is 23.6 Å². The number of nitrogens with zero attached hydrogens (tertiary/aromatic N) is 3. The fraction of sp³-hybridized carbons (Fsp3) is 0.405. The molecule has 49 heavy (non-hydrogen) atoms. The lowest BCUT2D eigenvalue weighted by Gasteiger charge is -2.30. The maximum Gasteiger partial charge on any atom is 0.265 e. The number of carbonyl (C=O) groups is 4. The molecule has 2 unspecified atom stereocenters. The summed E-state index contributed by atoms with van der Waals surface area (Å²) in [6, 6.07) is 14.6. The Labute approximate surface area is 287 Å². The first-order chi connectivity index (χ1) is 23.4. The van der Waals surface area contributed by atoms with E-state index in [4.69, 9.17) is 0 Å². The van der Waals surface area contributed by atoms with E-state index in [-0.39, 0.29) is 41.1 Å². The molecule has 0 aliphatic carbocycles. The van der Waals surface area contributed by atoms with Gasteiger partial charge in [-0.15, -0.1) is 0 Å². The number of halogens is 2. The minimum absolute atomic E-state index is 0.00517. The minimum atomic E-state index is -1.34. The lowest BCUT2D eigenvalue weighted by Crippen LogP contribution is -2.53. The number of hydrogen-bond acceptors (Lipinski definition) is 6. The molecule has 0 spiro atoms. The second kappa shape index (κ2) is 18.8. The van der Waals surface area contributed by atoms with Gasteiger partial charge in [0, 0.05) is 68.6 Å². The number of carbonyl (C=O) groups excluding carboxylic acids is 4. The van der Waals surface area contributed by atoms with Crippen molar-refractivity contribution in [3.05, 3.63) is 106 Å². The van der Waals surface area contributed by atoms with Crippen molar-refractivity contribution in [1.29, 1.82) is 0 Å². The molecule has 0 fully saturated rings. The second-order valence-electron chi connectivity index (χ2n) is 12.2. The summed E-state index contributed by atoms with van der Waals surface area (Å²) in [6.07, 6.45) is 0.546. The molecule has 0 aromatic heterocycles. The van der Waals surface area contributed by atoms with Crippen LogP contribution in [0.25, 0.3) is 0 Å². The van der Waals surface area contributed by atoms with Crippen LogP contribution in [0.3, 0.4) is 0 Å². The molecule has 0 aliphatic heterocycles. The van der Waals surface area contributed by atoms with Crippen LogP contribution < -0.4 is 10.7 Å². The highest BCUT2D eigenvalue weighted by atomic mass is 19.1. The number of hydrazine groups is 1. The number of aliphatic hydroxyl groups is 1. The van der Waals surface area contributed by atoms with Crippen LogP contribution >= 0.6 is 0 Å². The molecule has 0 heterocycles. The minimum Gasteiger partial charge on any atom is -0.390 e. The summed E-state index contributed by atoms with van der Waals surface area (Å²) in [5, 5.41) is 15.8. The van der Waals surface area contributed by atoms with Gasteiger partial charge in [-0.25, -0.2) is 13.8 Å². The number of nitrogens with one attached hydrogen (secondary N) is 2. The Bertz CT molecular complexity index is 1560. The fourth-order valence-electron chi connectivity index (χ4n) is 5.43. The number of rotatable bonds is 17. The zero-order chi connectivity index (χ0) is 36.1. The van der Waals surface area contributed by atoms with E-state index in [1.807, 2.05) is 20.8 Å². The van der Waals surface area contributed by atoms with Crippen LogP contribution in [0.2, 0.25) is 0 Å². The van der Waals surface area contributed by atoms with E-state index in [2.05, 4.69) is 10.7 Å². The molecular formula is C37H47F2N5O5. The van der Waals surface area contributed by atoms with E-state index in [1.165, 1.54) is 28.1 Å². The first kappa shape index (κ1) is 38.8. The van der Waals surface area contributed by atoms with Crippen molar-refractivity contribution in [2.45, 2.75) is 58.6 Å². The van der Waals surface area contributed by atoms with Gasteiger partial charge >= 0.3 is 0 Å². The number of amides is 4. The van der Waals surface area contributed by atoms with E-state index >= 15 is 0 Å². The standard InChI is InChI=1S/C37H47F2N5O5/c1-6-14-43(15-7-2)37(49)29-21-27(20-28(22-29)36(48)42(4)5)34(46)40-32(19-25-17-30(38)23-31(39)18-25)33(45)24-44(16-8-3)41-35(47)26-12-10-9-11-13-26/h9-13,17-18,20-23,32-33,45H,6-8,14-16,19,24H2,1-5H3,(H,40,46)(H,41,47). The maximum atomic E-state index is 14.2. The van der Waals surface area contributed by atoms with Crippen molar-refractivity contribution in [3.63, 3.8) is 0 Å². The molecule has 0 saturated heterocycles. The highest BCUT2D eigenvalue weighted by Crippen LogP contribution is 2.18. The van der Waals surface area contributed by atoms with Crippen LogP contribution in [0.4, 0.5) is 8.78 Å². The van der Waals surface area contributed by atoms with E-state index in [0.29, 0.717) is 31.6 Å². The van der Waals surface area contributed by atoms with Gasteiger partial charge in [-0.2, -0.15) is 0 Å². The van der Waals surface area contributed by atoms with Gasteiger partial charge in [-0.1, -0.05) is 39.0 Å². The molecule has 264 valence electrons. The van der Waals surface area contributed by atoms with Gasteiger partial charge in [-0.05, 0) is 73.7 Å². The highest BCUT2D eigenvalue weighted by molar-refractivity contribution is 6.04. The summed E-state index contributed by atoms with van der Waals surface area (Å²) in [5.41, 5.74) is 3.65. The summed E-state index contributed by atoms with van der Waals surface area (Å²) in [4.78, 5) is 56.4. The van der Waals surface area contributed by atoms with E-state index in [9.17, 15) is 33.1 Å². The summed E-state index contributed by atoms with van der Waals surface area (Å²) in [7, 11) is 3.11. The lowest BCUT2D eigenvalue weighted by atomic mass is 9.98. The SMILES string of the molecule is CCCN(CC(O)C(Cc1cc(F)cc(F)c1)NC(=O)c1cc(C(=O)N(C)C)cc(C(=O)N(CCC)CCC)c1)NC(=O)c1ccccc1. The molecule has 3 rings (SSSR count). The van der Waals surface area contributed by atoms with Gasteiger partial charge in [0.25, 0.3) is 23.6 Å². The molecule has 2 atom stereocenters. The normalized spacial score (nSPS) is 12.3. The van der Waals surface area contributed by atoms with Crippen LogP contribution in [-0.4, -0.2) is 96.0 Å². The zero-order valence-electron chi connectivity index (χ0n) is 28.8. The Morgan fingerprint density at radius 3 is 1.82 bits per heavy atom. The van der Waals surface area contributed by atoms with Crippen LogP contribution in [0.5, 0.6) is 0 Å². The van der Waals surface area contributed by atoms with Gasteiger partial charge in [-0.3, -0.25) is 24.6 Å². The van der Waals surface area contributed by atoms with Crippen LogP contribution in [0, 0.1) is 11.6 Å². The third-order valence-corrected chi connectivity index (χ3v) is 7.73. The van der Waals surface area contributed by atoms with Crippen molar-refractivity contribution in [1.82, 2.24) is 25.6 Å². The molecule has 10 nitrogen and oxygen atoms in total. The molecule has 12 heteroatoms. The molecule has 0 radical (unpaired) electrons. The van der Waals surface area contributed by atoms with Crippen molar-refractivity contribution in [3.8, 4) is 0 Å². The summed E-state index contributed by atoms with van der Waals surface area (Å²) in [5.74, 6) is -3.50. The second-order valence-corrected chi connectivity index (χ2v) is 12.2. The number of hydrogen-bond donors (Lipinski definition) is 3. The quantitative estimate of drug-likeness (QED) is 0.178. The smallest absolute Gasteiger partial charge is 0.265 e. The summed E-state index contributed by atoms with van der Waals surface area (Å²) >= 11 is 0. The van der Waals surface area contributed by atoms with Crippen LogP contribution in [0.1, 0.15) is 87.0 Å². The van der Waals surface area contributed by atoms with Crippen molar-refractivity contribution in [2.24, 2.45) is 0 Å². The van der Waals surface area contributed by atoms with Crippen LogP contribution in [0.15, 0.2) is 66.7 Å². The monoisotopic (exact) mass is 679 g/mol. The molecule has 3 aromatic carbocycles. The largest absolute Gasteiger partial charge is 0.390 e. The van der Waals surface area contributed by atoms with Gasteiger partial charge in [0.15, 0.2) is 0 Å². The molecule has 0 aliphatic rings. The van der Waals surface area contributed by atoms with Gasteiger partial charge < -0.3 is 20.2 Å². The molecular weight excluding hydrogens is 632 g/mol. The van der Waals surface area contributed by atoms with E-state index < -0.39 is 41.5 Å². The Morgan fingerprint density at radius 1 is 0.714 bits per heavy atom. The molecule has 0 bridgehead atoms. The maximum absolute atomic E-state index is 14.2. The average molecular weight is 680 g/mol. The summed E-state index contributed by atoms with van der Waals surface area (Å²) in [6.45, 7) is 7.00. The van der Waals surface area contributed by atoms with Gasteiger partial charge in [0.2, 0.25) is 0 Å². The Hall–Kier alpha value is -4.68. The van der Waals surface area contributed by atoms with Crippen molar-refractivity contribution < 1.29 is 33.1 Å². The molecule has 3 N–H and O–H groups in total. The predicted octanol–water partition coefficient (Wildman–Crippen LogP) is 4.69. The molecule has 4 amide bonds. The molecule has 3 aromatic rings. The Balaban J connectivity index is 1.98. The first-order valence-electron chi connectivity index (χ1n) is 16.6. The average Bonchev–Trinajstić information content (AvgIpc) is 3.06. The predicted molar refractivity (Wildman–Crippen MR) is 184 cm³/mol. The third-order valence-electron chi connectivity index (χ3n) is 7.73. The van der Waals surface area contributed by atoms with Gasteiger partial charge in [0.05, 0.1) is 12.1 Å². The molecule has 0 saturated carbocycles. The third kappa shape index (κ3) is 11.5. The van der Waals surface area contributed by atoms with E-state index in [0.717, 1.165) is 31.0 Å². The lowest BCUT2D eigenvalue weighted by molar-refractivity contribution is 0.0451. The van der Waals surface area contributed by atoms with Gasteiger partial charge in [0.1, 0.15) is 11.6 Å². The first-order valence-corrected chi connectivity index (χ1v) is 16.6. The Kier molecular flexibility index (Phi) is 14.8. The fourth-order valence-corrected chi connectivity index (χ4v) is 5.43. The van der Waals surface area contributed by atoms with Crippen LogP contribution in [-0.2, 0) is 6.42 Å². The Morgan fingerprint density at radius 2 is 1.27 bits per heavy atom. The van der Waals surface area contributed by atoms with Crippen molar-refractivity contribution in [2.75, 3.05) is 40.3 Å². The number of benzene rings is 3. The zero-order valence-corrected chi connectivity index (χ0v) is 28.8. The highest BCUT2D eigenvalue weighted by Gasteiger charge is 2.27. The summed E-state index contributed by atoms with van der Waals surface area (Å²) < 4.78 is 28.4.